The van der Waals surface area contributed by atoms with Crippen molar-refractivity contribution in [2.75, 3.05) is 0 Å². The molecule has 0 unspecified atom stereocenters. The fraction of sp³-hybridized carbons (Fsp3) is 0.0476. The molecule has 0 radical (unpaired) electrons. The van der Waals surface area contributed by atoms with Crippen molar-refractivity contribution in [1.29, 1.82) is 0 Å². The highest BCUT2D eigenvalue weighted by Gasteiger charge is 2.13. The summed E-state index contributed by atoms with van der Waals surface area (Å²) in [5.41, 5.74) is 4.28. The number of benzene rings is 3. The number of phenolic OH excluding ortho intramolecular Hbond substituents is 1. The van der Waals surface area contributed by atoms with E-state index in [0.29, 0.717) is 38.3 Å². The first-order valence-corrected chi connectivity index (χ1v) is 8.95. The van der Waals surface area contributed by atoms with Gasteiger partial charge < -0.3 is 9.52 Å². The van der Waals surface area contributed by atoms with Gasteiger partial charge in [0.2, 0.25) is 5.89 Å². The van der Waals surface area contributed by atoms with Gasteiger partial charge >= 0.3 is 0 Å². The lowest BCUT2D eigenvalue weighted by Crippen LogP contribution is -1.84. The topological polar surface area (TPSA) is 58.6 Å². The molecule has 0 aliphatic carbocycles. The van der Waals surface area contributed by atoms with Crippen LogP contribution in [0.5, 0.6) is 5.75 Å². The summed E-state index contributed by atoms with van der Waals surface area (Å²) in [5.74, 6) is 0.406. The van der Waals surface area contributed by atoms with Crippen molar-refractivity contribution in [2.45, 2.75) is 6.92 Å². The van der Waals surface area contributed by atoms with Crippen LogP contribution in [0.15, 0.2) is 64.0 Å². The SMILES string of the molecule is Cc1ccc2oc(-c3cc(N=Cc4cccc(Cl)c4Cl)ccc3O)nc2c1. The van der Waals surface area contributed by atoms with Gasteiger partial charge in [-0.25, -0.2) is 4.98 Å². The third-order valence-corrected chi connectivity index (χ3v) is 4.92. The fourth-order valence-electron chi connectivity index (χ4n) is 2.69. The second-order valence-electron chi connectivity index (χ2n) is 6.09. The van der Waals surface area contributed by atoms with Crippen LogP contribution in [0.25, 0.3) is 22.6 Å². The molecule has 0 aliphatic rings. The van der Waals surface area contributed by atoms with Gasteiger partial charge in [0.1, 0.15) is 11.3 Å². The number of fused-ring (bicyclic) bond motifs is 1. The summed E-state index contributed by atoms with van der Waals surface area (Å²) in [7, 11) is 0. The molecule has 4 nitrogen and oxygen atoms in total. The van der Waals surface area contributed by atoms with E-state index in [2.05, 4.69) is 9.98 Å². The maximum absolute atomic E-state index is 10.2. The molecule has 0 aliphatic heterocycles. The van der Waals surface area contributed by atoms with Crippen LogP contribution >= 0.6 is 23.2 Å². The van der Waals surface area contributed by atoms with Gasteiger partial charge in [0.25, 0.3) is 0 Å². The molecule has 0 bridgehead atoms. The molecular weight excluding hydrogens is 383 g/mol. The van der Waals surface area contributed by atoms with Crippen LogP contribution < -0.4 is 0 Å². The van der Waals surface area contributed by atoms with Crippen molar-refractivity contribution in [3.05, 3.63) is 75.8 Å². The molecule has 0 saturated carbocycles. The van der Waals surface area contributed by atoms with E-state index in [1.54, 1.807) is 36.5 Å². The third-order valence-electron chi connectivity index (χ3n) is 4.09. The average Bonchev–Trinajstić information content (AvgIpc) is 3.07. The van der Waals surface area contributed by atoms with E-state index in [1.807, 2.05) is 31.2 Å². The van der Waals surface area contributed by atoms with Gasteiger partial charge in [-0.3, -0.25) is 4.99 Å². The number of oxazole rings is 1. The van der Waals surface area contributed by atoms with Gasteiger partial charge in [-0.15, -0.1) is 0 Å². The summed E-state index contributed by atoms with van der Waals surface area (Å²) in [5, 5.41) is 11.2. The summed E-state index contributed by atoms with van der Waals surface area (Å²) >= 11 is 12.2. The molecule has 27 heavy (non-hydrogen) atoms. The first kappa shape index (κ1) is 17.6. The van der Waals surface area contributed by atoms with Crippen molar-refractivity contribution >= 4 is 46.2 Å². The minimum Gasteiger partial charge on any atom is -0.507 e. The van der Waals surface area contributed by atoms with Gasteiger partial charge in [0.15, 0.2) is 5.58 Å². The molecule has 4 rings (SSSR count). The molecule has 4 aromatic rings. The van der Waals surface area contributed by atoms with Gasteiger partial charge in [-0.1, -0.05) is 41.4 Å². The number of halogens is 2. The fourth-order valence-corrected chi connectivity index (χ4v) is 3.05. The van der Waals surface area contributed by atoms with Crippen LogP contribution in [0, 0.1) is 6.92 Å². The summed E-state index contributed by atoms with van der Waals surface area (Å²) in [6.45, 7) is 1.99. The smallest absolute Gasteiger partial charge is 0.231 e. The summed E-state index contributed by atoms with van der Waals surface area (Å²) in [6.07, 6.45) is 1.62. The first-order valence-electron chi connectivity index (χ1n) is 8.20. The Morgan fingerprint density at radius 2 is 1.93 bits per heavy atom. The predicted octanol–water partition coefficient (Wildman–Crippen LogP) is 6.57. The number of aromatic nitrogens is 1. The second kappa shape index (κ2) is 7.06. The molecule has 0 fully saturated rings. The zero-order chi connectivity index (χ0) is 19.0. The minimum atomic E-state index is 0.0676. The number of aromatic hydroxyl groups is 1. The molecule has 1 N–H and O–H groups in total. The van der Waals surface area contributed by atoms with Crippen molar-refractivity contribution in [3.63, 3.8) is 0 Å². The number of phenols is 1. The lowest BCUT2D eigenvalue weighted by atomic mass is 10.1. The monoisotopic (exact) mass is 396 g/mol. The highest BCUT2D eigenvalue weighted by molar-refractivity contribution is 6.43. The highest BCUT2D eigenvalue weighted by Crippen LogP contribution is 2.34. The van der Waals surface area contributed by atoms with Crippen molar-refractivity contribution in [3.8, 4) is 17.2 Å². The molecule has 0 spiro atoms. The number of aliphatic imine (C=N–C) groups is 1. The number of nitrogens with zero attached hydrogens (tertiary/aromatic N) is 2. The molecule has 134 valence electrons. The number of hydrogen-bond acceptors (Lipinski definition) is 4. The largest absolute Gasteiger partial charge is 0.507 e. The third kappa shape index (κ3) is 3.54. The predicted molar refractivity (Wildman–Crippen MR) is 110 cm³/mol. The van der Waals surface area contributed by atoms with Gasteiger partial charge in [0.05, 0.1) is 21.3 Å². The molecule has 0 atom stereocenters. The summed E-state index contributed by atoms with van der Waals surface area (Å²) in [6, 6.07) is 16.1. The normalized spacial score (nSPS) is 11.5. The average molecular weight is 397 g/mol. The van der Waals surface area contributed by atoms with Crippen LogP contribution in [0.4, 0.5) is 5.69 Å². The first-order chi connectivity index (χ1) is 13.0. The van der Waals surface area contributed by atoms with Crippen LogP contribution in [-0.2, 0) is 0 Å². The van der Waals surface area contributed by atoms with Crippen LogP contribution in [-0.4, -0.2) is 16.3 Å². The lowest BCUT2D eigenvalue weighted by molar-refractivity contribution is 0.474. The lowest BCUT2D eigenvalue weighted by Gasteiger charge is -2.03. The molecular formula is C21H14Cl2N2O2. The molecule has 1 heterocycles. The van der Waals surface area contributed by atoms with Gasteiger partial charge in [-0.05, 0) is 48.9 Å². The zero-order valence-corrected chi connectivity index (χ0v) is 15.8. The Morgan fingerprint density at radius 3 is 2.78 bits per heavy atom. The standard InChI is InChI=1S/C21H14Cl2N2O2/c1-12-5-8-19-17(9-12)25-21(27-19)15-10-14(6-7-18(15)26)24-11-13-3-2-4-16(22)20(13)23/h2-11,26H,1H3. The number of hydrogen-bond donors (Lipinski definition) is 1. The van der Waals surface area contributed by atoms with Gasteiger partial charge in [0, 0.05) is 11.8 Å². The van der Waals surface area contributed by atoms with Crippen molar-refractivity contribution < 1.29 is 9.52 Å². The molecule has 1 aromatic heterocycles. The summed E-state index contributed by atoms with van der Waals surface area (Å²) in [4.78, 5) is 8.90. The molecule has 3 aromatic carbocycles. The Bertz CT molecular complexity index is 1180. The van der Waals surface area contributed by atoms with E-state index in [9.17, 15) is 5.11 Å². The zero-order valence-electron chi connectivity index (χ0n) is 14.3. The highest BCUT2D eigenvalue weighted by atomic mass is 35.5. The van der Waals surface area contributed by atoms with E-state index in [1.165, 1.54) is 0 Å². The van der Waals surface area contributed by atoms with E-state index >= 15 is 0 Å². The second-order valence-corrected chi connectivity index (χ2v) is 6.88. The van der Waals surface area contributed by atoms with Crippen LogP contribution in [0.2, 0.25) is 10.0 Å². The summed E-state index contributed by atoms with van der Waals surface area (Å²) < 4.78 is 5.78. The Hall–Kier alpha value is -2.82. The van der Waals surface area contributed by atoms with Crippen molar-refractivity contribution in [2.24, 2.45) is 4.99 Å². The number of aryl methyl sites for hydroxylation is 1. The minimum absolute atomic E-state index is 0.0676. The van der Waals surface area contributed by atoms with Gasteiger partial charge in [-0.2, -0.15) is 0 Å². The van der Waals surface area contributed by atoms with E-state index in [0.717, 1.165) is 11.1 Å². The molecule has 0 amide bonds. The maximum Gasteiger partial charge on any atom is 0.231 e. The van der Waals surface area contributed by atoms with E-state index in [-0.39, 0.29) is 5.75 Å². The maximum atomic E-state index is 10.2. The quantitative estimate of drug-likeness (QED) is 0.398. The Balaban J connectivity index is 1.72. The van der Waals surface area contributed by atoms with Crippen LogP contribution in [0.3, 0.4) is 0 Å². The Kier molecular flexibility index (Phi) is 4.60. The molecule has 6 heteroatoms. The van der Waals surface area contributed by atoms with Crippen molar-refractivity contribution in [1.82, 2.24) is 4.98 Å². The molecule has 0 saturated heterocycles. The Morgan fingerprint density at radius 1 is 1.07 bits per heavy atom. The van der Waals surface area contributed by atoms with Crippen LogP contribution in [0.1, 0.15) is 11.1 Å². The van der Waals surface area contributed by atoms with E-state index < -0.39 is 0 Å². The Labute approximate surface area is 165 Å². The van der Waals surface area contributed by atoms with E-state index in [4.69, 9.17) is 27.6 Å². The number of rotatable bonds is 3.